The molecule has 1 saturated heterocycles. The minimum Gasteiger partial charge on any atom is -0.425 e. The van der Waals surface area contributed by atoms with E-state index in [1.165, 1.54) is 77.0 Å². The Morgan fingerprint density at radius 3 is 2.11 bits per heavy atom. The fraction of sp³-hybridized carbons (Fsp3) is 0.688. The lowest BCUT2D eigenvalue weighted by atomic mass is 9.97. The highest BCUT2D eigenvalue weighted by Gasteiger charge is 2.50. The second kappa shape index (κ2) is 16.4. The van der Waals surface area contributed by atoms with Crippen molar-refractivity contribution in [2.75, 3.05) is 6.54 Å². The smallest absolute Gasteiger partial charge is 0.414 e. The van der Waals surface area contributed by atoms with E-state index in [9.17, 15) is 9.59 Å². The number of terminal acetylenes is 1. The average Bonchev–Trinajstić information content (AvgIpc) is 3.28. The molecule has 2 aliphatic rings. The SMILES string of the molecule is C#CCN1C(=O)OC(OC(=O)CCCCCCCCCCCCCCCCC)C2Cc3ccccc3C21. The summed E-state index contributed by atoms with van der Waals surface area (Å²) in [6.45, 7) is 2.44. The van der Waals surface area contributed by atoms with E-state index in [-0.39, 0.29) is 24.5 Å². The zero-order chi connectivity index (χ0) is 26.3. The first-order valence-corrected chi connectivity index (χ1v) is 14.8. The summed E-state index contributed by atoms with van der Waals surface area (Å²) in [4.78, 5) is 26.8. The molecular weight excluding hydrogens is 462 g/mol. The number of amides is 1. The zero-order valence-electron chi connectivity index (χ0n) is 22.9. The van der Waals surface area contributed by atoms with Crippen molar-refractivity contribution in [1.29, 1.82) is 0 Å². The Bertz CT molecular complexity index is 876. The second-order valence-electron chi connectivity index (χ2n) is 10.8. The number of benzene rings is 1. The first-order chi connectivity index (χ1) is 18.2. The molecule has 3 rings (SSSR count). The summed E-state index contributed by atoms with van der Waals surface area (Å²) in [6, 6.07) is 7.82. The fourth-order valence-corrected chi connectivity index (χ4v) is 5.82. The Kier molecular flexibility index (Phi) is 12.9. The third-order valence-electron chi connectivity index (χ3n) is 7.87. The van der Waals surface area contributed by atoms with Crippen LogP contribution in [0.5, 0.6) is 0 Å². The maximum absolute atomic E-state index is 12.7. The maximum Gasteiger partial charge on any atom is 0.414 e. The van der Waals surface area contributed by atoms with Gasteiger partial charge in [-0.15, -0.1) is 6.42 Å². The van der Waals surface area contributed by atoms with Gasteiger partial charge in [0.15, 0.2) is 0 Å². The number of esters is 1. The highest BCUT2D eigenvalue weighted by molar-refractivity contribution is 5.72. The van der Waals surface area contributed by atoms with Crippen LogP contribution in [-0.4, -0.2) is 29.8 Å². The van der Waals surface area contributed by atoms with Gasteiger partial charge in [-0.2, -0.15) is 0 Å². The minimum atomic E-state index is -0.859. The molecule has 5 heteroatoms. The molecule has 0 N–H and O–H groups in total. The summed E-state index contributed by atoms with van der Waals surface area (Å²) in [5, 5.41) is 0. The van der Waals surface area contributed by atoms with Crippen LogP contribution in [0.2, 0.25) is 0 Å². The molecule has 1 aromatic carbocycles. The van der Waals surface area contributed by atoms with E-state index in [0.29, 0.717) is 12.8 Å². The van der Waals surface area contributed by atoms with Crippen LogP contribution in [0, 0.1) is 18.3 Å². The number of ether oxygens (including phenoxy) is 2. The second-order valence-corrected chi connectivity index (χ2v) is 10.8. The lowest BCUT2D eigenvalue weighted by Crippen LogP contribution is -2.50. The van der Waals surface area contributed by atoms with Crippen LogP contribution in [0.3, 0.4) is 0 Å². The van der Waals surface area contributed by atoms with Crippen molar-refractivity contribution >= 4 is 12.1 Å². The summed E-state index contributed by atoms with van der Waals surface area (Å²) < 4.78 is 11.2. The van der Waals surface area contributed by atoms with E-state index < -0.39 is 12.4 Å². The molecule has 0 saturated carbocycles. The van der Waals surface area contributed by atoms with Gasteiger partial charge in [0, 0.05) is 6.42 Å². The first-order valence-electron chi connectivity index (χ1n) is 14.8. The Morgan fingerprint density at radius 2 is 1.51 bits per heavy atom. The summed E-state index contributed by atoms with van der Waals surface area (Å²) in [5.41, 5.74) is 2.23. The summed E-state index contributed by atoms with van der Waals surface area (Å²) in [6.07, 6.45) is 24.5. The van der Waals surface area contributed by atoms with Crippen molar-refractivity contribution in [3.63, 3.8) is 0 Å². The number of carbonyl (C=O) groups excluding carboxylic acids is 2. The van der Waals surface area contributed by atoms with Gasteiger partial charge in [-0.05, 0) is 24.0 Å². The number of fused-ring (bicyclic) bond motifs is 3. The van der Waals surface area contributed by atoms with Gasteiger partial charge in [0.1, 0.15) is 0 Å². The lowest BCUT2D eigenvalue weighted by Gasteiger charge is -2.40. The molecular formula is C32H47NO4. The minimum absolute atomic E-state index is 0.131. The zero-order valence-corrected chi connectivity index (χ0v) is 22.9. The molecule has 1 aromatic rings. The predicted octanol–water partition coefficient (Wildman–Crippen LogP) is 8.12. The molecule has 3 atom stereocenters. The third kappa shape index (κ3) is 9.09. The van der Waals surface area contributed by atoms with Crippen LogP contribution in [0.4, 0.5) is 4.79 Å². The largest absolute Gasteiger partial charge is 0.425 e. The number of nitrogens with zero attached hydrogens (tertiary/aromatic N) is 1. The first kappa shape index (κ1) is 29.1. The van der Waals surface area contributed by atoms with E-state index >= 15 is 0 Å². The highest BCUT2D eigenvalue weighted by atomic mass is 16.7. The molecule has 1 aliphatic heterocycles. The summed E-state index contributed by atoms with van der Waals surface area (Å²) in [5.74, 6) is 2.14. The highest BCUT2D eigenvalue weighted by Crippen LogP contribution is 2.46. The molecule has 0 spiro atoms. The van der Waals surface area contributed by atoms with Gasteiger partial charge in [0.25, 0.3) is 6.29 Å². The number of cyclic esters (lactones) is 1. The number of hydrogen-bond acceptors (Lipinski definition) is 4. The van der Waals surface area contributed by atoms with Crippen LogP contribution >= 0.6 is 0 Å². The third-order valence-corrected chi connectivity index (χ3v) is 7.87. The van der Waals surface area contributed by atoms with Crippen molar-refractivity contribution in [3.8, 4) is 12.3 Å². The van der Waals surface area contributed by atoms with E-state index in [1.807, 2.05) is 18.2 Å². The fourth-order valence-electron chi connectivity index (χ4n) is 5.82. The standard InChI is InChI=1S/C32H47NO4/c1-3-5-6-7-8-9-10-11-12-13-14-15-16-17-18-23-29(34)36-31-28-25-26-21-19-20-22-27(26)30(28)33(24-4-2)32(35)37-31/h2,19-22,28,30-31H,3,5-18,23-25H2,1H3. The topological polar surface area (TPSA) is 55.8 Å². The predicted molar refractivity (Wildman–Crippen MR) is 148 cm³/mol. The van der Waals surface area contributed by atoms with E-state index in [0.717, 1.165) is 30.4 Å². The Morgan fingerprint density at radius 1 is 0.946 bits per heavy atom. The van der Waals surface area contributed by atoms with Crippen LogP contribution < -0.4 is 0 Å². The van der Waals surface area contributed by atoms with Crippen LogP contribution in [0.1, 0.15) is 127 Å². The lowest BCUT2D eigenvalue weighted by molar-refractivity contribution is -0.193. The number of unbranched alkanes of at least 4 members (excludes halogenated alkanes) is 14. The van der Waals surface area contributed by atoms with Crippen molar-refractivity contribution in [2.24, 2.45) is 5.92 Å². The van der Waals surface area contributed by atoms with Crippen molar-refractivity contribution < 1.29 is 19.1 Å². The monoisotopic (exact) mass is 509 g/mol. The van der Waals surface area contributed by atoms with E-state index in [1.54, 1.807) is 4.90 Å². The van der Waals surface area contributed by atoms with Crippen molar-refractivity contribution in [1.82, 2.24) is 4.90 Å². The van der Waals surface area contributed by atoms with Gasteiger partial charge < -0.3 is 9.47 Å². The van der Waals surface area contributed by atoms with Crippen LogP contribution in [0.15, 0.2) is 24.3 Å². The number of hydrogen-bond donors (Lipinski definition) is 0. The number of carbonyl (C=O) groups is 2. The molecule has 5 nitrogen and oxygen atoms in total. The molecule has 1 amide bonds. The average molecular weight is 510 g/mol. The van der Waals surface area contributed by atoms with E-state index in [2.05, 4.69) is 18.9 Å². The van der Waals surface area contributed by atoms with Gasteiger partial charge in [0.2, 0.25) is 0 Å². The molecule has 1 fully saturated rings. The Balaban J connectivity index is 1.26. The van der Waals surface area contributed by atoms with Gasteiger partial charge in [-0.1, -0.05) is 127 Å². The van der Waals surface area contributed by atoms with Crippen molar-refractivity contribution in [2.45, 2.75) is 128 Å². The Labute approximate surface area is 224 Å². The molecule has 1 heterocycles. The molecule has 204 valence electrons. The van der Waals surface area contributed by atoms with Crippen molar-refractivity contribution in [3.05, 3.63) is 35.4 Å². The molecule has 3 unspecified atom stereocenters. The normalized spacial score (nSPS) is 20.2. The van der Waals surface area contributed by atoms with Gasteiger partial charge in [-0.25, -0.2) is 4.79 Å². The quantitative estimate of drug-likeness (QED) is 0.114. The summed E-state index contributed by atoms with van der Waals surface area (Å²) >= 11 is 0. The molecule has 37 heavy (non-hydrogen) atoms. The van der Waals surface area contributed by atoms with Crippen LogP contribution in [-0.2, 0) is 20.7 Å². The number of rotatable bonds is 18. The van der Waals surface area contributed by atoms with Gasteiger partial charge in [-0.3, -0.25) is 9.69 Å². The molecule has 0 aromatic heterocycles. The van der Waals surface area contributed by atoms with Gasteiger partial charge in [0.05, 0.1) is 18.5 Å². The summed E-state index contributed by atoms with van der Waals surface area (Å²) in [7, 11) is 0. The molecule has 0 bridgehead atoms. The van der Waals surface area contributed by atoms with Gasteiger partial charge >= 0.3 is 12.1 Å². The Hall–Kier alpha value is -2.48. The maximum atomic E-state index is 12.7. The van der Waals surface area contributed by atoms with Crippen LogP contribution in [0.25, 0.3) is 0 Å². The van der Waals surface area contributed by atoms with E-state index in [4.69, 9.17) is 15.9 Å². The molecule has 1 aliphatic carbocycles. The molecule has 0 radical (unpaired) electrons.